The molecule has 0 aliphatic carbocycles. The third kappa shape index (κ3) is 2.32. The molecule has 0 unspecified atom stereocenters. The molecule has 4 heteroatoms. The number of aromatic nitrogens is 1. The van der Waals surface area contributed by atoms with Gasteiger partial charge in [-0.1, -0.05) is 19.9 Å². The fourth-order valence-corrected chi connectivity index (χ4v) is 1.89. The molecule has 3 nitrogen and oxygen atoms in total. The van der Waals surface area contributed by atoms with E-state index in [2.05, 4.69) is 46.5 Å². The molecule has 2 heterocycles. The molecule has 18 heavy (non-hydrogen) atoms. The molecule has 0 radical (unpaired) electrons. The molecular weight excluding hydrogens is 225 g/mol. The number of hydrogen-bond donors (Lipinski definition) is 0. The van der Waals surface area contributed by atoms with Gasteiger partial charge in [0.1, 0.15) is 0 Å². The van der Waals surface area contributed by atoms with Gasteiger partial charge in [-0.25, -0.2) is 0 Å². The van der Waals surface area contributed by atoms with Crippen LogP contribution in [0.15, 0.2) is 18.2 Å². The van der Waals surface area contributed by atoms with E-state index >= 15 is 0 Å². The second kappa shape index (κ2) is 4.35. The van der Waals surface area contributed by atoms with Crippen LogP contribution in [0.2, 0.25) is 0 Å². The average Bonchev–Trinajstić information content (AvgIpc) is 2.48. The topological polar surface area (TPSA) is 31.4 Å². The zero-order valence-corrected chi connectivity index (χ0v) is 12.2. The maximum atomic E-state index is 6.00. The quantitative estimate of drug-likeness (QED) is 0.752. The Balaban J connectivity index is 2.27. The van der Waals surface area contributed by atoms with Gasteiger partial charge in [0, 0.05) is 5.69 Å². The highest BCUT2D eigenvalue weighted by Crippen LogP contribution is 2.36. The van der Waals surface area contributed by atoms with Gasteiger partial charge in [-0.05, 0) is 45.7 Å². The van der Waals surface area contributed by atoms with E-state index in [1.54, 1.807) is 0 Å². The zero-order valence-electron chi connectivity index (χ0n) is 12.2. The summed E-state index contributed by atoms with van der Waals surface area (Å²) < 4.78 is 12.0. The van der Waals surface area contributed by atoms with Gasteiger partial charge >= 0.3 is 7.12 Å². The van der Waals surface area contributed by atoms with Gasteiger partial charge in [-0.2, -0.15) is 0 Å². The SMILES string of the molecule is CC(C)c1cccc(B2OC(C)(C)C(C)(C)O2)n1. The fraction of sp³-hybridized carbons (Fsp3) is 0.643. The molecule has 0 atom stereocenters. The van der Waals surface area contributed by atoms with Gasteiger partial charge in [0.2, 0.25) is 0 Å². The molecular formula is C14H22BNO2. The first-order valence-electron chi connectivity index (χ1n) is 6.55. The van der Waals surface area contributed by atoms with E-state index in [9.17, 15) is 0 Å². The zero-order chi connectivity index (χ0) is 13.6. The number of nitrogens with zero attached hydrogens (tertiary/aromatic N) is 1. The van der Waals surface area contributed by atoms with E-state index in [-0.39, 0.29) is 18.3 Å². The minimum atomic E-state index is -0.367. The van der Waals surface area contributed by atoms with Crippen molar-refractivity contribution >= 4 is 12.7 Å². The lowest BCUT2D eigenvalue weighted by Crippen LogP contribution is -2.41. The Kier molecular flexibility index (Phi) is 3.28. The van der Waals surface area contributed by atoms with Crippen molar-refractivity contribution in [1.29, 1.82) is 0 Å². The van der Waals surface area contributed by atoms with Crippen LogP contribution in [0.25, 0.3) is 0 Å². The maximum Gasteiger partial charge on any atom is 0.514 e. The highest BCUT2D eigenvalue weighted by Gasteiger charge is 2.52. The van der Waals surface area contributed by atoms with Crippen molar-refractivity contribution in [2.75, 3.05) is 0 Å². The summed E-state index contributed by atoms with van der Waals surface area (Å²) in [5, 5.41) is 0. The minimum absolute atomic E-state index is 0.312. The number of pyridine rings is 1. The van der Waals surface area contributed by atoms with Crippen molar-refractivity contribution < 1.29 is 9.31 Å². The van der Waals surface area contributed by atoms with Crippen molar-refractivity contribution in [2.24, 2.45) is 0 Å². The smallest absolute Gasteiger partial charge is 0.398 e. The molecule has 1 aliphatic rings. The average molecular weight is 247 g/mol. The minimum Gasteiger partial charge on any atom is -0.398 e. The summed E-state index contributed by atoms with van der Waals surface area (Å²) in [6.45, 7) is 12.5. The van der Waals surface area contributed by atoms with Crippen molar-refractivity contribution in [3.8, 4) is 0 Å². The van der Waals surface area contributed by atoms with Crippen LogP contribution in [0.1, 0.15) is 53.2 Å². The molecule has 0 amide bonds. The van der Waals surface area contributed by atoms with Crippen LogP contribution in [0.4, 0.5) is 0 Å². The first-order chi connectivity index (χ1) is 8.23. The van der Waals surface area contributed by atoms with Gasteiger partial charge in [0.05, 0.1) is 16.8 Å². The van der Waals surface area contributed by atoms with E-state index in [4.69, 9.17) is 9.31 Å². The Morgan fingerprint density at radius 2 is 1.61 bits per heavy atom. The maximum absolute atomic E-state index is 6.00. The third-order valence-electron chi connectivity index (χ3n) is 3.88. The predicted molar refractivity (Wildman–Crippen MR) is 74.0 cm³/mol. The van der Waals surface area contributed by atoms with Crippen LogP contribution in [0.5, 0.6) is 0 Å². The molecule has 0 saturated carbocycles. The van der Waals surface area contributed by atoms with Crippen molar-refractivity contribution in [3.05, 3.63) is 23.9 Å². The first-order valence-corrected chi connectivity index (χ1v) is 6.55. The lowest BCUT2D eigenvalue weighted by Gasteiger charge is -2.32. The number of rotatable bonds is 2. The molecule has 1 aliphatic heterocycles. The second-order valence-corrected chi connectivity index (χ2v) is 6.23. The highest BCUT2D eigenvalue weighted by molar-refractivity contribution is 6.61. The summed E-state index contributed by atoms with van der Waals surface area (Å²) in [5.74, 6) is 0.410. The van der Waals surface area contributed by atoms with Crippen molar-refractivity contribution in [2.45, 2.75) is 58.7 Å². The summed E-state index contributed by atoms with van der Waals surface area (Å²) in [6, 6.07) is 6.02. The molecule has 98 valence electrons. The molecule has 0 N–H and O–H groups in total. The van der Waals surface area contributed by atoms with Gasteiger partial charge < -0.3 is 9.31 Å². The Hall–Kier alpha value is -0.865. The van der Waals surface area contributed by atoms with Gasteiger partial charge in [0.25, 0.3) is 0 Å². The van der Waals surface area contributed by atoms with E-state index in [1.807, 2.05) is 18.2 Å². The van der Waals surface area contributed by atoms with Crippen LogP contribution < -0.4 is 5.59 Å². The normalized spacial score (nSPS) is 21.6. The Morgan fingerprint density at radius 3 is 2.11 bits per heavy atom. The molecule has 1 aromatic heterocycles. The lowest BCUT2D eigenvalue weighted by molar-refractivity contribution is 0.00578. The summed E-state index contributed by atoms with van der Waals surface area (Å²) in [4.78, 5) is 4.64. The Morgan fingerprint density at radius 1 is 1.06 bits per heavy atom. The lowest BCUT2D eigenvalue weighted by atomic mass is 9.84. The fourth-order valence-electron chi connectivity index (χ4n) is 1.89. The molecule has 1 fully saturated rings. The molecule has 0 aromatic carbocycles. The van der Waals surface area contributed by atoms with Gasteiger partial charge in [-0.3, -0.25) is 4.98 Å². The summed E-state index contributed by atoms with van der Waals surface area (Å²) in [5.41, 5.74) is 1.31. The van der Waals surface area contributed by atoms with E-state index < -0.39 is 0 Å². The molecule has 1 aromatic rings. The summed E-state index contributed by atoms with van der Waals surface area (Å²) in [6.07, 6.45) is 0. The predicted octanol–water partition coefficient (Wildman–Crippen LogP) is 2.50. The van der Waals surface area contributed by atoms with Crippen LogP contribution in [0.3, 0.4) is 0 Å². The standard InChI is InChI=1S/C14H22BNO2/c1-10(2)11-8-7-9-12(16-11)15-17-13(3,4)14(5,6)18-15/h7-10H,1-6H3. The summed E-state index contributed by atoms with van der Waals surface area (Å²) in [7, 11) is -0.367. The molecule has 0 bridgehead atoms. The van der Waals surface area contributed by atoms with Crippen LogP contribution >= 0.6 is 0 Å². The van der Waals surface area contributed by atoms with Crippen molar-refractivity contribution in [3.63, 3.8) is 0 Å². The van der Waals surface area contributed by atoms with E-state index in [0.29, 0.717) is 5.92 Å². The Labute approximate surface area is 110 Å². The highest BCUT2D eigenvalue weighted by atomic mass is 16.7. The van der Waals surface area contributed by atoms with E-state index in [0.717, 1.165) is 11.3 Å². The van der Waals surface area contributed by atoms with Crippen molar-refractivity contribution in [1.82, 2.24) is 4.98 Å². The molecule has 1 saturated heterocycles. The molecule has 2 rings (SSSR count). The first kappa shape index (κ1) is 13.6. The third-order valence-corrected chi connectivity index (χ3v) is 3.88. The monoisotopic (exact) mass is 247 g/mol. The Bertz CT molecular complexity index is 427. The van der Waals surface area contributed by atoms with Gasteiger partial charge in [-0.15, -0.1) is 0 Å². The van der Waals surface area contributed by atoms with E-state index in [1.165, 1.54) is 0 Å². The number of hydrogen-bond acceptors (Lipinski definition) is 3. The van der Waals surface area contributed by atoms with Crippen LogP contribution in [-0.4, -0.2) is 23.3 Å². The van der Waals surface area contributed by atoms with Crippen LogP contribution in [0, 0.1) is 0 Å². The largest absolute Gasteiger partial charge is 0.514 e. The van der Waals surface area contributed by atoms with Crippen LogP contribution in [-0.2, 0) is 9.31 Å². The van der Waals surface area contributed by atoms with Gasteiger partial charge in [0.15, 0.2) is 0 Å². The molecule has 0 spiro atoms. The second-order valence-electron chi connectivity index (χ2n) is 6.23. The summed E-state index contributed by atoms with van der Waals surface area (Å²) >= 11 is 0.